The van der Waals surface area contributed by atoms with E-state index in [0.29, 0.717) is 17.1 Å². The van der Waals surface area contributed by atoms with E-state index in [9.17, 15) is 22.4 Å². The van der Waals surface area contributed by atoms with E-state index < -0.39 is 40.2 Å². The first-order valence-corrected chi connectivity index (χ1v) is 13.5. The number of amides is 2. The molecule has 3 aromatic carbocycles. The van der Waals surface area contributed by atoms with Gasteiger partial charge in [0.15, 0.2) is 0 Å². The summed E-state index contributed by atoms with van der Waals surface area (Å²) < 4.78 is 43.0. The zero-order chi connectivity index (χ0) is 27.2. The van der Waals surface area contributed by atoms with Crippen LogP contribution in [-0.4, -0.2) is 44.3 Å². The minimum Gasteiger partial charge on any atom is -0.355 e. The zero-order valence-electron chi connectivity index (χ0n) is 20.8. The first-order valence-electron chi connectivity index (χ1n) is 11.7. The van der Waals surface area contributed by atoms with Crippen LogP contribution >= 0.6 is 11.6 Å². The van der Waals surface area contributed by atoms with Crippen molar-refractivity contribution in [3.8, 4) is 0 Å². The monoisotopic (exact) mass is 545 g/mol. The van der Waals surface area contributed by atoms with Gasteiger partial charge < -0.3 is 10.2 Å². The van der Waals surface area contributed by atoms with Crippen LogP contribution in [0, 0.1) is 12.7 Å². The summed E-state index contributed by atoms with van der Waals surface area (Å²) in [7, 11) is -4.19. The number of nitrogens with one attached hydrogen (secondary N) is 1. The Bertz CT molecular complexity index is 1370. The van der Waals surface area contributed by atoms with Crippen molar-refractivity contribution in [3.05, 3.63) is 94.8 Å². The third-order valence-corrected chi connectivity index (χ3v) is 7.86. The molecule has 0 aliphatic rings. The van der Waals surface area contributed by atoms with Crippen molar-refractivity contribution in [1.29, 1.82) is 0 Å². The molecular formula is C27H29ClFN3O4S. The molecule has 10 heteroatoms. The van der Waals surface area contributed by atoms with Gasteiger partial charge in [0.25, 0.3) is 10.0 Å². The molecule has 7 nitrogen and oxygen atoms in total. The molecule has 0 aliphatic heterocycles. The highest BCUT2D eigenvalue weighted by molar-refractivity contribution is 7.92. The Labute approximate surface area is 221 Å². The van der Waals surface area contributed by atoms with E-state index >= 15 is 0 Å². The molecule has 3 rings (SSSR count). The SMILES string of the molecule is CCNC(=O)[C@@H](C)N(Cc1ccccc1F)C(=O)CN(c1ccc(Cl)cc1C)S(=O)(=O)c1ccccc1. The van der Waals surface area contributed by atoms with Gasteiger partial charge >= 0.3 is 0 Å². The number of carbonyl (C=O) groups is 2. The average molecular weight is 546 g/mol. The molecule has 3 aromatic rings. The largest absolute Gasteiger partial charge is 0.355 e. The number of nitrogens with zero attached hydrogens (tertiary/aromatic N) is 2. The maximum atomic E-state index is 14.5. The number of likely N-dealkylation sites (N-methyl/N-ethyl adjacent to an activating group) is 1. The van der Waals surface area contributed by atoms with Crippen molar-refractivity contribution in [2.45, 2.75) is 38.3 Å². The Kier molecular flexibility index (Phi) is 9.29. The Morgan fingerprint density at radius 2 is 1.68 bits per heavy atom. The summed E-state index contributed by atoms with van der Waals surface area (Å²) in [6, 6.07) is 17.3. The lowest BCUT2D eigenvalue weighted by Crippen LogP contribution is -2.51. The number of carbonyl (C=O) groups excluding carboxylic acids is 2. The van der Waals surface area contributed by atoms with E-state index in [1.807, 2.05) is 0 Å². The van der Waals surface area contributed by atoms with Crippen LogP contribution in [0.15, 0.2) is 77.7 Å². The van der Waals surface area contributed by atoms with Gasteiger partial charge in [-0.1, -0.05) is 48.0 Å². The van der Waals surface area contributed by atoms with Crippen LogP contribution in [0.4, 0.5) is 10.1 Å². The van der Waals surface area contributed by atoms with Crippen molar-refractivity contribution in [2.24, 2.45) is 0 Å². The zero-order valence-corrected chi connectivity index (χ0v) is 22.4. The molecule has 0 saturated heterocycles. The number of anilines is 1. The molecule has 0 radical (unpaired) electrons. The summed E-state index contributed by atoms with van der Waals surface area (Å²) in [5.74, 6) is -1.64. The molecule has 1 N–H and O–H groups in total. The van der Waals surface area contributed by atoms with Crippen molar-refractivity contribution >= 4 is 39.1 Å². The molecule has 0 aliphatic carbocycles. The minimum atomic E-state index is -4.19. The molecule has 0 fully saturated rings. The quantitative estimate of drug-likeness (QED) is 0.405. The second kappa shape index (κ2) is 12.2. The van der Waals surface area contributed by atoms with Crippen LogP contribution in [-0.2, 0) is 26.2 Å². The number of aryl methyl sites for hydroxylation is 1. The second-order valence-corrected chi connectivity index (χ2v) is 10.7. The van der Waals surface area contributed by atoms with Crippen LogP contribution in [0.1, 0.15) is 25.0 Å². The van der Waals surface area contributed by atoms with Gasteiger partial charge in [-0.2, -0.15) is 0 Å². The highest BCUT2D eigenvalue weighted by atomic mass is 35.5. The molecule has 0 aromatic heterocycles. The fraction of sp³-hybridized carbons (Fsp3) is 0.259. The summed E-state index contributed by atoms with van der Waals surface area (Å²) in [6.07, 6.45) is 0. The van der Waals surface area contributed by atoms with Crippen molar-refractivity contribution in [2.75, 3.05) is 17.4 Å². The van der Waals surface area contributed by atoms with Gasteiger partial charge in [0.05, 0.1) is 10.6 Å². The van der Waals surface area contributed by atoms with Crippen LogP contribution in [0.3, 0.4) is 0 Å². The maximum absolute atomic E-state index is 14.5. The first-order chi connectivity index (χ1) is 17.6. The molecule has 2 amide bonds. The van der Waals surface area contributed by atoms with E-state index in [1.165, 1.54) is 54.3 Å². The third-order valence-electron chi connectivity index (χ3n) is 5.85. The standard InChI is InChI=1S/C27H29ClFN3O4S/c1-4-30-27(34)20(3)31(17-21-10-8-9-13-24(21)29)26(33)18-32(25-15-14-22(28)16-19(25)2)37(35,36)23-11-6-5-7-12-23/h5-16,20H,4,17-18H2,1-3H3,(H,30,34)/t20-/m1/s1. The summed E-state index contributed by atoms with van der Waals surface area (Å²) in [4.78, 5) is 27.6. The number of hydrogen-bond acceptors (Lipinski definition) is 4. The van der Waals surface area contributed by atoms with E-state index in [-0.39, 0.29) is 22.7 Å². The Morgan fingerprint density at radius 1 is 1.03 bits per heavy atom. The third kappa shape index (κ3) is 6.67. The molecule has 1 atom stereocenters. The van der Waals surface area contributed by atoms with Gasteiger partial charge in [-0.15, -0.1) is 0 Å². The van der Waals surface area contributed by atoms with Gasteiger partial charge in [0, 0.05) is 23.7 Å². The first kappa shape index (κ1) is 28.1. The highest BCUT2D eigenvalue weighted by Crippen LogP contribution is 2.29. The number of benzene rings is 3. The van der Waals surface area contributed by atoms with Crippen LogP contribution in [0.25, 0.3) is 0 Å². The summed E-state index contributed by atoms with van der Waals surface area (Å²) in [5, 5.41) is 3.08. The van der Waals surface area contributed by atoms with E-state index in [0.717, 1.165) is 4.31 Å². The lowest BCUT2D eigenvalue weighted by atomic mass is 10.1. The van der Waals surface area contributed by atoms with Gasteiger partial charge in [0.2, 0.25) is 11.8 Å². The number of hydrogen-bond donors (Lipinski definition) is 1. The Balaban J connectivity index is 2.07. The van der Waals surface area contributed by atoms with E-state index in [1.54, 1.807) is 44.2 Å². The Hall–Kier alpha value is -3.43. The van der Waals surface area contributed by atoms with Gasteiger partial charge in [-0.25, -0.2) is 12.8 Å². The number of halogens is 2. The summed E-state index contributed by atoms with van der Waals surface area (Å²) in [5.41, 5.74) is 1.00. The molecule has 37 heavy (non-hydrogen) atoms. The summed E-state index contributed by atoms with van der Waals surface area (Å²) in [6.45, 7) is 4.45. The molecule has 0 spiro atoms. The molecule has 0 heterocycles. The molecule has 0 unspecified atom stereocenters. The Morgan fingerprint density at radius 3 is 2.30 bits per heavy atom. The molecule has 196 valence electrons. The topological polar surface area (TPSA) is 86.8 Å². The van der Waals surface area contributed by atoms with Crippen molar-refractivity contribution in [3.63, 3.8) is 0 Å². The van der Waals surface area contributed by atoms with E-state index in [4.69, 9.17) is 11.6 Å². The predicted molar refractivity (Wildman–Crippen MR) is 142 cm³/mol. The minimum absolute atomic E-state index is 0.00502. The van der Waals surface area contributed by atoms with Crippen molar-refractivity contribution < 1.29 is 22.4 Å². The number of rotatable bonds is 10. The van der Waals surface area contributed by atoms with Crippen LogP contribution < -0.4 is 9.62 Å². The fourth-order valence-corrected chi connectivity index (χ4v) is 5.57. The fourth-order valence-electron chi connectivity index (χ4n) is 3.85. The van der Waals surface area contributed by atoms with Gasteiger partial charge in [0.1, 0.15) is 18.4 Å². The molecular weight excluding hydrogens is 517 g/mol. The van der Waals surface area contributed by atoms with Gasteiger partial charge in [-0.3, -0.25) is 13.9 Å². The average Bonchev–Trinajstić information content (AvgIpc) is 2.87. The molecule has 0 bridgehead atoms. The highest BCUT2D eigenvalue weighted by Gasteiger charge is 2.33. The van der Waals surface area contributed by atoms with Crippen LogP contribution in [0.5, 0.6) is 0 Å². The van der Waals surface area contributed by atoms with E-state index in [2.05, 4.69) is 5.32 Å². The van der Waals surface area contributed by atoms with Crippen LogP contribution in [0.2, 0.25) is 5.02 Å². The lowest BCUT2D eigenvalue weighted by molar-refractivity contribution is -0.139. The normalized spacial score (nSPS) is 12.0. The lowest BCUT2D eigenvalue weighted by Gasteiger charge is -2.32. The number of sulfonamides is 1. The summed E-state index contributed by atoms with van der Waals surface area (Å²) >= 11 is 6.10. The maximum Gasteiger partial charge on any atom is 0.264 e. The molecule has 0 saturated carbocycles. The van der Waals surface area contributed by atoms with Crippen molar-refractivity contribution in [1.82, 2.24) is 10.2 Å². The smallest absolute Gasteiger partial charge is 0.264 e. The van der Waals surface area contributed by atoms with Gasteiger partial charge in [-0.05, 0) is 62.7 Å². The second-order valence-electron chi connectivity index (χ2n) is 8.44. The predicted octanol–water partition coefficient (Wildman–Crippen LogP) is 4.54.